The third-order valence-corrected chi connectivity index (χ3v) is 12.5. The number of carbonyl (C=O) groups excluding carboxylic acids is 5. The van der Waals surface area contributed by atoms with E-state index in [0.717, 1.165) is 0 Å². The van der Waals surface area contributed by atoms with Crippen molar-refractivity contribution < 1.29 is 78.1 Å². The molecule has 71 heavy (non-hydrogen) atoms. The fourth-order valence-electron chi connectivity index (χ4n) is 8.05. The number of carboxylic acid groups (broad SMARTS) is 3. The van der Waals surface area contributed by atoms with E-state index in [0.29, 0.717) is 116 Å². The first-order chi connectivity index (χ1) is 33.5. The first-order valence-electron chi connectivity index (χ1n) is 24.8. The van der Waals surface area contributed by atoms with Crippen LogP contribution in [0.5, 0.6) is 11.8 Å². The number of hydrogen-bond donors (Lipinski definition) is 10. The van der Waals surface area contributed by atoms with Crippen molar-refractivity contribution in [2.75, 3.05) is 65.8 Å². The van der Waals surface area contributed by atoms with E-state index in [2.05, 4.69) is 26.6 Å². The molecule has 404 valence electrons. The van der Waals surface area contributed by atoms with Gasteiger partial charge < -0.3 is 61.0 Å². The van der Waals surface area contributed by atoms with Crippen molar-refractivity contribution >= 4 is 47.3 Å². The molecular weight excluding hydrogens is 929 g/mol. The largest absolute Gasteiger partial charge is 0.494 e. The van der Waals surface area contributed by atoms with E-state index >= 15 is 0 Å². The van der Waals surface area contributed by atoms with E-state index in [1.807, 2.05) is 27.7 Å². The summed E-state index contributed by atoms with van der Waals surface area (Å²) in [4.78, 5) is 98.1. The van der Waals surface area contributed by atoms with Crippen LogP contribution in [0.1, 0.15) is 130 Å². The van der Waals surface area contributed by atoms with E-state index in [4.69, 9.17) is 19.3 Å². The van der Waals surface area contributed by atoms with Crippen LogP contribution in [-0.4, -0.2) is 155 Å². The molecule has 2 unspecified atom stereocenters. The summed E-state index contributed by atoms with van der Waals surface area (Å²) in [6.45, 7) is 12.4. The van der Waals surface area contributed by atoms with Crippen molar-refractivity contribution in [3.8, 4) is 11.8 Å². The molecule has 4 amide bonds. The third-order valence-electron chi connectivity index (χ3n) is 12.5. The van der Waals surface area contributed by atoms with Gasteiger partial charge in [-0.2, -0.15) is 0 Å². The molecule has 0 spiro atoms. The quantitative estimate of drug-likeness (QED) is 0.0424. The maximum atomic E-state index is 13.1. The van der Waals surface area contributed by atoms with Crippen molar-refractivity contribution in [2.24, 2.45) is 22.7 Å². The maximum Gasteiger partial charge on any atom is 0.326 e. The highest BCUT2D eigenvalue weighted by Gasteiger charge is 2.32. The molecule has 1 heterocycles. The van der Waals surface area contributed by atoms with Gasteiger partial charge in [-0.25, -0.2) is 4.79 Å². The van der Waals surface area contributed by atoms with E-state index in [1.165, 1.54) is 10.6 Å². The zero-order valence-electron chi connectivity index (χ0n) is 42.4. The van der Waals surface area contributed by atoms with E-state index in [1.54, 1.807) is 6.92 Å². The topological polar surface area (TPSA) is 330 Å². The second kappa shape index (κ2) is 32.6. The van der Waals surface area contributed by atoms with Gasteiger partial charge in [0.05, 0.1) is 45.4 Å². The normalized spacial score (nSPS) is 15.8. The molecule has 2 atom stereocenters. The molecule has 10 N–H and O–H groups in total. The van der Waals surface area contributed by atoms with Crippen LogP contribution in [0.4, 0.5) is 0 Å². The van der Waals surface area contributed by atoms with Crippen molar-refractivity contribution in [1.29, 1.82) is 0 Å². The molecule has 0 saturated heterocycles. The van der Waals surface area contributed by atoms with Crippen LogP contribution in [-0.2, 0) is 59.1 Å². The number of nitrogens with zero attached hydrogens (tertiary/aromatic N) is 1. The predicted octanol–water partition coefficient (Wildman–Crippen LogP) is 3.02. The van der Waals surface area contributed by atoms with Gasteiger partial charge in [0, 0.05) is 82.6 Å². The number of nitrogens with one attached hydrogen (secondary N) is 5. The number of aryl methyl sites for hydroxylation is 1. The molecule has 0 aromatic carbocycles. The molecule has 22 nitrogen and oxygen atoms in total. The smallest absolute Gasteiger partial charge is 0.326 e. The minimum Gasteiger partial charge on any atom is -0.494 e. The standard InChI is InChI=1S/C49H82N6O16/c1-33-28-41(59)55(46(33)66)21-16-39(57)50-19-6-22-69-24-26-71-27-25-70-23-7-20-51-45(65)37(14-15-42(60)61)52-32-36(56)12-13-38(47(67)68)54-44(64)35-10-8-34(9-11-35)31-53-40(58)29-48(2,3)17-18-49(4,5)30-43(62)63/h28,34-35,37-38,52,59,66H,6-27,29-32H2,1-5H3,(H,50,57)(H,51,65)(H,53,58)(H,54,64)(H,60,61)(H,62,63)(H,67,68). The molecule has 1 aromatic rings. The lowest BCUT2D eigenvalue weighted by molar-refractivity contribution is -0.143. The van der Waals surface area contributed by atoms with Crippen LogP contribution < -0.4 is 26.6 Å². The Kier molecular flexibility index (Phi) is 28.4. The van der Waals surface area contributed by atoms with Gasteiger partial charge in [-0.05, 0) is 87.9 Å². The number of carboxylic acids is 3. The molecule has 1 saturated carbocycles. The van der Waals surface area contributed by atoms with Crippen LogP contribution in [0.15, 0.2) is 6.07 Å². The van der Waals surface area contributed by atoms with Gasteiger partial charge in [-0.1, -0.05) is 27.7 Å². The highest BCUT2D eigenvalue weighted by Crippen LogP contribution is 2.35. The summed E-state index contributed by atoms with van der Waals surface area (Å²) in [5.74, 6) is -5.32. The van der Waals surface area contributed by atoms with Gasteiger partial charge in [0.25, 0.3) is 0 Å². The molecule has 0 bridgehead atoms. The first kappa shape index (κ1) is 61.8. The Balaban J connectivity index is 1.58. The lowest BCUT2D eigenvalue weighted by Crippen LogP contribution is -2.47. The van der Waals surface area contributed by atoms with Gasteiger partial charge in [-0.15, -0.1) is 0 Å². The third kappa shape index (κ3) is 27.2. The number of ketones is 1. The fourth-order valence-corrected chi connectivity index (χ4v) is 8.05. The molecule has 0 radical (unpaired) electrons. The van der Waals surface area contributed by atoms with Crippen LogP contribution in [0.3, 0.4) is 0 Å². The lowest BCUT2D eigenvalue weighted by Gasteiger charge is -2.31. The Morgan fingerprint density at radius 3 is 1.80 bits per heavy atom. The minimum absolute atomic E-state index is 0.0589. The molecular formula is C49H82N6O16. The van der Waals surface area contributed by atoms with E-state index in [-0.39, 0.29) is 98.5 Å². The van der Waals surface area contributed by atoms with Gasteiger partial charge in [0.1, 0.15) is 11.8 Å². The monoisotopic (exact) mass is 1010 g/mol. The Morgan fingerprint density at radius 1 is 0.690 bits per heavy atom. The van der Waals surface area contributed by atoms with E-state index < -0.39 is 53.5 Å². The molecule has 0 aliphatic heterocycles. The summed E-state index contributed by atoms with van der Waals surface area (Å²) >= 11 is 0. The lowest BCUT2D eigenvalue weighted by atomic mass is 9.76. The number of hydrogen-bond acceptors (Lipinski definition) is 14. The summed E-state index contributed by atoms with van der Waals surface area (Å²) in [7, 11) is 0. The van der Waals surface area contributed by atoms with Crippen LogP contribution in [0.25, 0.3) is 0 Å². The van der Waals surface area contributed by atoms with Crippen molar-refractivity contribution in [3.63, 3.8) is 0 Å². The van der Waals surface area contributed by atoms with Crippen LogP contribution in [0.2, 0.25) is 0 Å². The number of amides is 4. The van der Waals surface area contributed by atoms with Gasteiger partial charge in [0.2, 0.25) is 23.6 Å². The predicted molar refractivity (Wildman–Crippen MR) is 259 cm³/mol. The number of ether oxygens (including phenoxy) is 3. The fraction of sp³-hybridized carbons (Fsp3) is 0.755. The summed E-state index contributed by atoms with van der Waals surface area (Å²) in [6.07, 6.45) is 4.43. The summed E-state index contributed by atoms with van der Waals surface area (Å²) in [5, 5.41) is 61.7. The van der Waals surface area contributed by atoms with Crippen LogP contribution >= 0.6 is 0 Å². The Hall–Kier alpha value is -5.32. The number of aromatic nitrogens is 1. The van der Waals surface area contributed by atoms with Gasteiger partial charge >= 0.3 is 17.9 Å². The summed E-state index contributed by atoms with van der Waals surface area (Å²) < 4.78 is 17.8. The van der Waals surface area contributed by atoms with Crippen molar-refractivity contribution in [3.05, 3.63) is 11.6 Å². The van der Waals surface area contributed by atoms with Crippen molar-refractivity contribution in [1.82, 2.24) is 31.2 Å². The van der Waals surface area contributed by atoms with Gasteiger partial charge in [-0.3, -0.25) is 43.4 Å². The SMILES string of the molecule is Cc1cc(O)n(CCC(=O)NCCCOCCOCCOCCCNC(=O)C(CCC(=O)O)NCC(=O)CCC(NC(=O)C2CCC(CNC(=O)CC(C)(C)CCC(C)(C)CC(=O)O)CC2)C(=O)O)c1O. The highest BCUT2D eigenvalue weighted by molar-refractivity contribution is 5.87. The zero-order chi connectivity index (χ0) is 53.0. The Bertz CT molecular complexity index is 1860. The number of carbonyl (C=O) groups is 8. The number of Topliss-reactive ketones (excluding diaryl/α,β-unsaturated/α-hetero) is 1. The highest BCUT2D eigenvalue weighted by atomic mass is 16.5. The second-order valence-electron chi connectivity index (χ2n) is 20.0. The molecule has 1 aliphatic rings. The molecule has 22 heteroatoms. The second-order valence-corrected chi connectivity index (χ2v) is 20.0. The number of rotatable bonds is 39. The average molecular weight is 1010 g/mol. The molecule has 2 rings (SSSR count). The first-order valence-corrected chi connectivity index (χ1v) is 24.8. The Morgan fingerprint density at radius 2 is 1.25 bits per heavy atom. The Labute approximate surface area is 417 Å². The zero-order valence-corrected chi connectivity index (χ0v) is 42.4. The molecule has 1 fully saturated rings. The van der Waals surface area contributed by atoms with E-state index in [9.17, 15) is 58.8 Å². The van der Waals surface area contributed by atoms with Crippen molar-refractivity contribution in [2.45, 2.75) is 150 Å². The maximum absolute atomic E-state index is 13.1. The summed E-state index contributed by atoms with van der Waals surface area (Å²) in [5.41, 5.74) is -0.158. The number of aliphatic carboxylic acids is 3. The molecule has 1 aromatic heterocycles. The van der Waals surface area contributed by atoms with Gasteiger partial charge in [0.15, 0.2) is 11.8 Å². The minimum atomic E-state index is -1.31. The molecule has 1 aliphatic carbocycles. The summed E-state index contributed by atoms with van der Waals surface area (Å²) in [6, 6.07) is -0.883. The average Bonchev–Trinajstić information content (AvgIpc) is 3.54. The number of aromatic hydroxyl groups is 2. The van der Waals surface area contributed by atoms with Crippen LogP contribution in [0, 0.1) is 29.6 Å².